The Morgan fingerprint density at radius 1 is 0.350 bits per heavy atom. The first-order valence-electron chi connectivity index (χ1n) is 39.5. The van der Waals surface area contributed by atoms with Gasteiger partial charge in [-0.25, -0.2) is 9.97 Å². The molecule has 0 fully saturated rings. The van der Waals surface area contributed by atoms with Crippen LogP contribution in [0.4, 0.5) is 0 Å². The van der Waals surface area contributed by atoms with Crippen molar-refractivity contribution < 1.29 is 43.2 Å². The van der Waals surface area contributed by atoms with Gasteiger partial charge in [-0.05, 0) is 145 Å². The molecule has 120 heavy (non-hydrogen) atoms. The molecule has 0 unspecified atom stereocenters. The molecule has 0 amide bonds. The maximum Gasteiger partial charge on any atom is 0 e. The van der Waals surface area contributed by atoms with Crippen molar-refractivity contribution in [2.75, 3.05) is 0 Å². The number of rotatable bonds is 12. The van der Waals surface area contributed by atoms with E-state index in [0.717, 1.165) is 139 Å². The summed E-state index contributed by atoms with van der Waals surface area (Å²) in [6.07, 6.45) is 3.32. The first-order valence-corrected chi connectivity index (χ1v) is 66.7. The Hall–Kier alpha value is -7.73. The minimum atomic E-state index is -3.06. The Morgan fingerprint density at radius 3 is 1.09 bits per heavy atom. The van der Waals surface area contributed by atoms with Crippen molar-refractivity contribution in [3.63, 3.8) is 0 Å². The second-order valence-electron chi connectivity index (χ2n) is 33.1. The van der Waals surface area contributed by atoms with E-state index in [1.807, 2.05) is 146 Å². The number of imidazole rings is 2. The van der Waals surface area contributed by atoms with Crippen LogP contribution in [0.2, 0.25) is 0 Å². The van der Waals surface area contributed by atoms with Crippen LogP contribution >= 0.6 is 37.7 Å². The van der Waals surface area contributed by atoms with Gasteiger partial charge in [-0.15, -0.1) is 23.8 Å². The summed E-state index contributed by atoms with van der Waals surface area (Å²) in [6.45, 7) is 26.0. The Labute approximate surface area is 783 Å². The maximum absolute atomic E-state index is 12.1. The Bertz CT molecular complexity index is 6070. The Kier molecular flexibility index (Phi) is 29.7. The van der Waals surface area contributed by atoms with Crippen LogP contribution in [0.15, 0.2) is 298 Å². The number of phenols is 2. The fourth-order valence-electron chi connectivity index (χ4n) is 14.8. The van der Waals surface area contributed by atoms with Gasteiger partial charge in [0.1, 0.15) is 35.3 Å². The monoisotopic (exact) mass is 2060 g/mol. The summed E-state index contributed by atoms with van der Waals surface area (Å²) in [5.74, 6) is 1.82. The summed E-state index contributed by atoms with van der Waals surface area (Å²) in [5, 5.41) is 44.3. The fraction of sp³-hybridized carbons (Fsp3) is 0.157. The number of phenolic OH excluding ortho intramolecular Hbond substituents is 2. The van der Waals surface area contributed by atoms with Gasteiger partial charge in [0, 0.05) is 78.3 Å². The van der Waals surface area contributed by atoms with Crippen molar-refractivity contribution in [3.05, 3.63) is 337 Å². The van der Waals surface area contributed by atoms with E-state index in [1.54, 1.807) is 12.4 Å². The molecular formula is C102H87Cl4K2N8O2Pt2-. The average Bonchev–Trinajstić information content (AvgIpc) is 1.57. The molecule has 0 aliphatic heterocycles. The molecule has 16 rings (SSSR count). The molecule has 0 bridgehead atoms. The molecule has 0 saturated heterocycles. The third-order valence-electron chi connectivity index (χ3n) is 20.9. The van der Waals surface area contributed by atoms with E-state index in [-0.39, 0.29) is 54.2 Å². The summed E-state index contributed by atoms with van der Waals surface area (Å²) in [6, 6.07) is 105. The predicted octanol–water partition coefficient (Wildman–Crippen LogP) is 27.6. The summed E-state index contributed by atoms with van der Waals surface area (Å²) in [5.41, 5.74) is 25.5. The number of nitriles is 2. The Balaban J connectivity index is 0.000000203. The minimum Gasteiger partial charge on any atom is 0 e. The molecule has 0 aliphatic carbocycles. The molecule has 0 spiro atoms. The van der Waals surface area contributed by atoms with Gasteiger partial charge in [0.05, 0.1) is 50.0 Å². The fourth-order valence-corrected chi connectivity index (χ4v) is 14.8. The molecule has 0 atom stereocenters. The summed E-state index contributed by atoms with van der Waals surface area (Å²) >= 11 is -0.556. The van der Waals surface area contributed by atoms with E-state index < -0.39 is 11.9 Å². The molecule has 2 N–H and O–H groups in total. The number of hydrogen-bond acceptors (Lipinski definition) is 8. The number of halogens is 4. The van der Waals surface area contributed by atoms with Crippen molar-refractivity contribution in [2.45, 2.75) is 105 Å². The van der Waals surface area contributed by atoms with Gasteiger partial charge in [-0.3, -0.25) is 19.1 Å². The van der Waals surface area contributed by atoms with Gasteiger partial charge in [0.2, 0.25) is 0 Å². The van der Waals surface area contributed by atoms with Crippen LogP contribution in [0.3, 0.4) is 0 Å². The van der Waals surface area contributed by atoms with Crippen molar-refractivity contribution in [2.24, 2.45) is 0 Å². The molecule has 0 saturated carbocycles. The molecular weight excluding hydrogens is 1980 g/mol. The molecule has 598 valence electrons. The van der Waals surface area contributed by atoms with E-state index >= 15 is 0 Å². The van der Waals surface area contributed by atoms with E-state index in [1.165, 1.54) is 63.2 Å². The molecule has 0 radical (unpaired) electrons. The summed E-state index contributed by atoms with van der Waals surface area (Å²) in [4.78, 5) is 20.6. The SMILES string of the molecule is CC(C)(C)c1cc(-c2nc3c(-c4[c-]c(-c5cc(-c6ccccc6)c(C#N)cn5)cc(-c5ccccc5)c4)cccc3n2-c2ccccc2)c(O)c(C(C)(C)C)c1.CC(C)(C)c1cc(-c2nc3c(-c4cc(-c5ccccc5)cc(-c5cc(-c6ccccc6)c(C#N)cn5)c4)cccc3n2-c2ccccc2)c(O)c(C(C)(C)C)c1.[Cl][Pt]([Cl])([Cl])[Cl].[K][K].[Pt]. The normalized spacial score (nSPS) is 11.7. The second kappa shape index (κ2) is 39.0. The van der Waals surface area contributed by atoms with Crippen LogP contribution in [-0.2, 0) is 54.6 Å². The topological polar surface area (TPSA) is 149 Å². The first kappa shape index (κ1) is 91.5. The zero-order valence-electron chi connectivity index (χ0n) is 69.4. The predicted molar refractivity (Wildman–Crippen MR) is 493 cm³/mol. The van der Waals surface area contributed by atoms with Crippen LogP contribution in [0, 0.1) is 28.7 Å². The van der Waals surface area contributed by atoms with Crippen molar-refractivity contribution >= 4 is 123 Å². The van der Waals surface area contributed by atoms with E-state index in [0.29, 0.717) is 39.6 Å². The molecule has 0 aliphatic rings. The number of nitrogens with zero attached hydrogens (tertiary/aromatic N) is 8. The van der Waals surface area contributed by atoms with E-state index in [4.69, 9.17) is 57.6 Å². The molecule has 16 aromatic rings. The number of aromatic hydroxyl groups is 2. The van der Waals surface area contributed by atoms with Gasteiger partial charge in [-0.1, -0.05) is 300 Å². The zero-order valence-corrected chi connectivity index (χ0v) is 83.2. The number of fused-ring (bicyclic) bond motifs is 2. The van der Waals surface area contributed by atoms with E-state index in [2.05, 4.69) is 250 Å². The molecule has 10 nitrogen and oxygen atoms in total. The number of hydrogen-bond donors (Lipinski definition) is 2. The molecule has 4 heterocycles. The smallest absolute Gasteiger partial charge is 0 e. The van der Waals surface area contributed by atoms with Gasteiger partial charge >= 0.3 is 113 Å². The molecule has 4 aromatic heterocycles. The quantitative estimate of drug-likeness (QED) is 0.0907. The second-order valence-corrected chi connectivity index (χ2v) is 52.8. The average molecular weight is 2070 g/mol. The van der Waals surface area contributed by atoms with Crippen LogP contribution in [0.25, 0.3) is 145 Å². The van der Waals surface area contributed by atoms with Crippen molar-refractivity contribution in [1.82, 2.24) is 29.1 Å². The number of pyridine rings is 2. The van der Waals surface area contributed by atoms with E-state index in [9.17, 15) is 20.7 Å². The standard InChI is InChI=1S/C51H44N4O.C51H43N4O.4ClH.2K.2Pt/c2*1-50(2,3)39-28-43(48(56)44(29-39)51(4,5)6)49-54-47-41(23-16-24-46(47)55(49)40-21-14-9-15-22-40)36-25-35(33-17-10-7-11-18-33)26-37(27-36)45-30-42(38(31-52)32-53-45)34-19-12-8-13-20-34;;;;;;;;/h7-30,32,56H,1-6H3;7-26,28-30,32,56H,1-6H3;4*1H;;;;/q;-1;;;;;;;;+4/p-4. The third-order valence-corrected chi connectivity index (χ3v) is 20.9. The first-order chi connectivity index (χ1) is 56.8. The molecule has 18 heteroatoms. The third kappa shape index (κ3) is 21.0. The Morgan fingerprint density at radius 2 is 0.692 bits per heavy atom. The van der Waals surface area contributed by atoms with Crippen molar-refractivity contribution in [3.8, 4) is 147 Å². The van der Waals surface area contributed by atoms with Crippen LogP contribution in [0.5, 0.6) is 11.5 Å². The van der Waals surface area contributed by atoms with Gasteiger partial charge in [0.25, 0.3) is 0 Å². The van der Waals surface area contributed by atoms with Crippen LogP contribution < -0.4 is 0 Å². The largest absolute Gasteiger partial charge is 0 e. The molecule has 12 aromatic carbocycles. The number of para-hydroxylation sites is 4. The summed E-state index contributed by atoms with van der Waals surface area (Å²) in [7, 11) is 20.0. The van der Waals surface area contributed by atoms with Gasteiger partial charge < -0.3 is 10.2 Å². The minimum absolute atomic E-state index is 0. The van der Waals surface area contributed by atoms with Crippen LogP contribution in [-0.4, -0.2) is 102 Å². The number of benzene rings is 12. The number of aromatic nitrogens is 6. The van der Waals surface area contributed by atoms with Gasteiger partial charge in [0.15, 0.2) is 0 Å². The zero-order chi connectivity index (χ0) is 84.9. The maximum atomic E-state index is 12.1. The van der Waals surface area contributed by atoms with Gasteiger partial charge in [-0.2, -0.15) is 10.5 Å². The summed E-state index contributed by atoms with van der Waals surface area (Å²) < 4.78 is 4.33. The van der Waals surface area contributed by atoms with Crippen molar-refractivity contribution in [1.29, 1.82) is 10.5 Å². The van der Waals surface area contributed by atoms with Crippen LogP contribution in [0.1, 0.15) is 116 Å².